The van der Waals surface area contributed by atoms with Gasteiger partial charge in [-0.25, -0.2) is 4.39 Å². The number of hydrogen-bond donors (Lipinski definition) is 0. The lowest BCUT2D eigenvalue weighted by Gasteiger charge is -2.03. The first kappa shape index (κ1) is 10.1. The first-order valence-corrected chi connectivity index (χ1v) is 3.63. The van der Waals surface area contributed by atoms with Crippen molar-refractivity contribution in [2.45, 2.75) is 6.42 Å². The fraction of sp³-hybridized carbons (Fsp3) is 0.125. The second kappa shape index (κ2) is 3.82. The molecule has 0 heterocycles. The standard InChI is InChI=1S/C8H6FNO4/c9-7-2-1-6(10(13)14)3-5(7)4-8(11)12/h1-3H,4H2,(H,11,12)/p-1. The van der Waals surface area contributed by atoms with Gasteiger partial charge in [0.1, 0.15) is 5.82 Å². The van der Waals surface area contributed by atoms with E-state index in [0.717, 1.165) is 18.2 Å². The molecule has 0 radical (unpaired) electrons. The summed E-state index contributed by atoms with van der Waals surface area (Å²) in [6, 6.07) is 2.70. The van der Waals surface area contributed by atoms with Gasteiger partial charge < -0.3 is 9.90 Å². The SMILES string of the molecule is O=C([O-])Cc1cc([N+](=O)[O-])ccc1F. The van der Waals surface area contributed by atoms with Crippen molar-refractivity contribution in [2.24, 2.45) is 0 Å². The first-order chi connectivity index (χ1) is 6.50. The molecule has 74 valence electrons. The molecule has 0 bridgehead atoms. The summed E-state index contributed by atoms with van der Waals surface area (Å²) in [6.07, 6.45) is -0.673. The van der Waals surface area contributed by atoms with E-state index in [1.54, 1.807) is 0 Å². The Morgan fingerprint density at radius 1 is 1.50 bits per heavy atom. The number of nitro groups is 1. The van der Waals surface area contributed by atoms with Gasteiger partial charge in [0.05, 0.1) is 4.92 Å². The van der Waals surface area contributed by atoms with Crippen LogP contribution < -0.4 is 5.11 Å². The molecule has 14 heavy (non-hydrogen) atoms. The summed E-state index contributed by atoms with van der Waals surface area (Å²) in [7, 11) is 0. The molecule has 0 aliphatic carbocycles. The van der Waals surface area contributed by atoms with Crippen molar-refractivity contribution in [3.05, 3.63) is 39.7 Å². The highest BCUT2D eigenvalue weighted by Crippen LogP contribution is 2.16. The molecular weight excluding hydrogens is 193 g/mol. The van der Waals surface area contributed by atoms with Gasteiger partial charge in [-0.3, -0.25) is 10.1 Å². The minimum atomic E-state index is -1.48. The van der Waals surface area contributed by atoms with Crippen molar-refractivity contribution in [1.82, 2.24) is 0 Å². The molecule has 0 aliphatic heterocycles. The predicted octanol–water partition coefficient (Wildman–Crippen LogP) is 0.0263. The minimum Gasteiger partial charge on any atom is -0.550 e. The van der Waals surface area contributed by atoms with Crippen LogP contribution in [-0.2, 0) is 11.2 Å². The van der Waals surface area contributed by atoms with Crippen molar-refractivity contribution in [2.75, 3.05) is 0 Å². The number of nitrogens with zero attached hydrogens (tertiary/aromatic N) is 1. The van der Waals surface area contributed by atoms with Crippen molar-refractivity contribution < 1.29 is 19.2 Å². The highest BCUT2D eigenvalue weighted by molar-refractivity contribution is 5.68. The number of aliphatic carboxylic acids is 1. The van der Waals surface area contributed by atoms with E-state index in [4.69, 9.17) is 0 Å². The van der Waals surface area contributed by atoms with E-state index in [0.29, 0.717) is 0 Å². The number of carbonyl (C=O) groups excluding carboxylic acids is 1. The summed E-state index contributed by atoms with van der Waals surface area (Å²) in [6.45, 7) is 0. The molecule has 1 rings (SSSR count). The Labute approximate surface area is 77.9 Å². The number of carboxylic acids is 1. The number of halogens is 1. The molecule has 6 heteroatoms. The summed E-state index contributed by atoms with van der Waals surface area (Å²) in [5.74, 6) is -2.27. The molecule has 0 fully saturated rings. The molecule has 0 N–H and O–H groups in total. The first-order valence-electron chi connectivity index (χ1n) is 3.63. The zero-order valence-corrected chi connectivity index (χ0v) is 6.90. The largest absolute Gasteiger partial charge is 0.550 e. The Bertz CT molecular complexity index is 391. The summed E-state index contributed by atoms with van der Waals surface area (Å²) in [5, 5.41) is 20.4. The lowest BCUT2D eigenvalue weighted by Crippen LogP contribution is -2.24. The molecule has 0 saturated heterocycles. The lowest BCUT2D eigenvalue weighted by atomic mass is 10.1. The Kier molecular flexibility index (Phi) is 2.76. The molecule has 5 nitrogen and oxygen atoms in total. The zero-order valence-electron chi connectivity index (χ0n) is 6.90. The molecule has 1 aromatic rings. The number of hydrogen-bond acceptors (Lipinski definition) is 4. The van der Waals surface area contributed by atoms with Crippen LogP contribution in [0.15, 0.2) is 18.2 Å². The van der Waals surface area contributed by atoms with Crippen LogP contribution in [0.3, 0.4) is 0 Å². The summed E-state index contributed by atoms with van der Waals surface area (Å²) < 4.78 is 12.9. The van der Waals surface area contributed by atoms with Gasteiger partial charge in [-0.2, -0.15) is 0 Å². The van der Waals surface area contributed by atoms with E-state index in [2.05, 4.69) is 0 Å². The van der Waals surface area contributed by atoms with Gasteiger partial charge in [-0.15, -0.1) is 0 Å². The fourth-order valence-electron chi connectivity index (χ4n) is 0.966. The third-order valence-corrected chi connectivity index (χ3v) is 1.57. The number of nitro benzene ring substituents is 1. The molecule has 0 atom stereocenters. The van der Waals surface area contributed by atoms with Crippen molar-refractivity contribution >= 4 is 11.7 Å². The Balaban J connectivity index is 3.08. The van der Waals surface area contributed by atoms with Gasteiger partial charge in [0.15, 0.2) is 0 Å². The lowest BCUT2D eigenvalue weighted by molar-refractivity contribution is -0.385. The number of carboxylic acid groups (broad SMARTS) is 1. The van der Waals surface area contributed by atoms with Gasteiger partial charge in [0, 0.05) is 30.1 Å². The van der Waals surface area contributed by atoms with Crippen molar-refractivity contribution in [1.29, 1.82) is 0 Å². The van der Waals surface area contributed by atoms with Gasteiger partial charge in [0.25, 0.3) is 5.69 Å². The number of carbonyl (C=O) groups is 1. The quantitative estimate of drug-likeness (QED) is 0.506. The second-order valence-electron chi connectivity index (χ2n) is 2.58. The minimum absolute atomic E-state index is 0.251. The van der Waals surface area contributed by atoms with E-state index in [-0.39, 0.29) is 11.3 Å². The maximum absolute atomic E-state index is 12.9. The van der Waals surface area contributed by atoms with E-state index in [1.807, 2.05) is 0 Å². The Morgan fingerprint density at radius 3 is 2.64 bits per heavy atom. The molecule has 1 aromatic carbocycles. The van der Waals surface area contributed by atoms with Crippen LogP contribution in [0.2, 0.25) is 0 Å². The monoisotopic (exact) mass is 198 g/mol. The van der Waals surface area contributed by atoms with E-state index < -0.39 is 23.1 Å². The van der Waals surface area contributed by atoms with Crippen LogP contribution in [0.1, 0.15) is 5.56 Å². The van der Waals surface area contributed by atoms with Crippen LogP contribution in [0.25, 0.3) is 0 Å². The Morgan fingerprint density at radius 2 is 2.14 bits per heavy atom. The molecule has 0 amide bonds. The van der Waals surface area contributed by atoms with Gasteiger partial charge >= 0.3 is 0 Å². The molecule has 0 aromatic heterocycles. The highest BCUT2D eigenvalue weighted by atomic mass is 19.1. The number of non-ortho nitro benzene ring substituents is 1. The van der Waals surface area contributed by atoms with Gasteiger partial charge in [-0.1, -0.05) is 0 Å². The maximum Gasteiger partial charge on any atom is 0.269 e. The normalized spacial score (nSPS) is 9.79. The fourth-order valence-corrected chi connectivity index (χ4v) is 0.966. The maximum atomic E-state index is 12.9. The average Bonchev–Trinajstić information content (AvgIpc) is 2.07. The van der Waals surface area contributed by atoms with E-state index in [1.165, 1.54) is 0 Å². The second-order valence-corrected chi connectivity index (χ2v) is 2.58. The topological polar surface area (TPSA) is 83.3 Å². The van der Waals surface area contributed by atoms with Crippen LogP contribution in [0.4, 0.5) is 10.1 Å². The Hall–Kier alpha value is -1.98. The van der Waals surface area contributed by atoms with Gasteiger partial charge in [0.2, 0.25) is 0 Å². The van der Waals surface area contributed by atoms with Crippen LogP contribution in [0, 0.1) is 15.9 Å². The third kappa shape index (κ3) is 2.25. The van der Waals surface area contributed by atoms with Crippen LogP contribution in [0.5, 0.6) is 0 Å². The summed E-state index contributed by atoms with van der Waals surface area (Å²) >= 11 is 0. The number of benzene rings is 1. The molecule has 0 saturated carbocycles. The van der Waals surface area contributed by atoms with Crippen molar-refractivity contribution in [3.8, 4) is 0 Å². The molecule has 0 unspecified atom stereocenters. The summed E-state index contributed by atoms with van der Waals surface area (Å²) in [4.78, 5) is 19.7. The molecule has 0 aliphatic rings. The molecular formula is C8H5FNO4-. The molecule has 0 spiro atoms. The van der Waals surface area contributed by atoms with Crippen molar-refractivity contribution in [3.63, 3.8) is 0 Å². The highest BCUT2D eigenvalue weighted by Gasteiger charge is 2.10. The van der Waals surface area contributed by atoms with E-state index in [9.17, 15) is 24.4 Å². The van der Waals surface area contributed by atoms with Crippen LogP contribution in [-0.4, -0.2) is 10.9 Å². The average molecular weight is 198 g/mol. The number of rotatable bonds is 3. The summed E-state index contributed by atoms with van der Waals surface area (Å²) in [5.41, 5.74) is -0.596. The predicted molar refractivity (Wildman–Crippen MR) is 41.8 cm³/mol. The third-order valence-electron chi connectivity index (χ3n) is 1.57. The smallest absolute Gasteiger partial charge is 0.269 e. The van der Waals surface area contributed by atoms with Gasteiger partial charge in [-0.05, 0) is 6.07 Å². The zero-order chi connectivity index (χ0) is 10.7. The van der Waals surface area contributed by atoms with Crippen LogP contribution >= 0.6 is 0 Å². The van der Waals surface area contributed by atoms with E-state index >= 15 is 0 Å².